The first-order chi connectivity index (χ1) is 9.21. The number of unbranched alkanes of at least 4 members (excludes halogenated alkanes) is 1. The maximum atomic E-state index is 5.45. The lowest BCUT2D eigenvalue weighted by Crippen LogP contribution is -2.42. The number of hydrogen-bond donors (Lipinski definition) is 0. The van der Waals surface area contributed by atoms with Crippen LogP contribution < -0.4 is 0 Å². The second-order valence-corrected chi connectivity index (χ2v) is 8.41. The summed E-state index contributed by atoms with van der Waals surface area (Å²) >= 11 is 0. The van der Waals surface area contributed by atoms with Gasteiger partial charge in [-0.3, -0.25) is 0 Å². The van der Waals surface area contributed by atoms with Crippen molar-refractivity contribution < 1.29 is 13.3 Å². The van der Waals surface area contributed by atoms with Gasteiger partial charge >= 0.3 is 8.80 Å². The van der Waals surface area contributed by atoms with E-state index in [2.05, 4.69) is 11.8 Å². The number of rotatable bonds is 9. The number of piperidine rings is 1. The lowest BCUT2D eigenvalue weighted by atomic mass is 9.97. The van der Waals surface area contributed by atoms with Crippen molar-refractivity contribution in [1.29, 1.82) is 0 Å². The second-order valence-electron chi connectivity index (χ2n) is 5.32. The minimum Gasteiger partial charge on any atom is -0.377 e. The van der Waals surface area contributed by atoms with E-state index in [1.165, 1.54) is 45.2 Å². The molecule has 0 amide bonds. The van der Waals surface area contributed by atoms with Crippen LogP contribution in [0.5, 0.6) is 0 Å². The van der Waals surface area contributed by atoms with Crippen LogP contribution in [0.3, 0.4) is 0 Å². The predicted octanol–water partition coefficient (Wildman–Crippen LogP) is 2.91. The maximum absolute atomic E-state index is 5.45. The Labute approximate surface area is 119 Å². The fourth-order valence-corrected chi connectivity index (χ4v) is 4.88. The summed E-state index contributed by atoms with van der Waals surface area (Å²) < 4.78 is 16.4. The lowest BCUT2D eigenvalue weighted by Gasteiger charge is -2.35. The molecule has 0 aromatic rings. The summed E-state index contributed by atoms with van der Waals surface area (Å²) in [5.41, 5.74) is 0. The van der Waals surface area contributed by atoms with Gasteiger partial charge in [-0.15, -0.1) is 0 Å². The topological polar surface area (TPSA) is 30.9 Å². The van der Waals surface area contributed by atoms with E-state index in [9.17, 15) is 0 Å². The van der Waals surface area contributed by atoms with E-state index in [0.29, 0.717) is 0 Å². The maximum Gasteiger partial charge on any atom is 0.500 e. The molecule has 1 unspecified atom stereocenters. The molecule has 0 saturated carbocycles. The van der Waals surface area contributed by atoms with Gasteiger partial charge in [-0.25, -0.2) is 0 Å². The zero-order chi connectivity index (χ0) is 14.1. The molecule has 4 nitrogen and oxygen atoms in total. The molecule has 0 aromatic heterocycles. The minimum absolute atomic E-state index is 0.794. The van der Waals surface area contributed by atoms with Crippen LogP contribution in [0, 0.1) is 0 Å². The van der Waals surface area contributed by atoms with Crippen molar-refractivity contribution in [3.63, 3.8) is 0 Å². The molecule has 0 bridgehead atoms. The molecular weight excluding hydrogens is 258 g/mol. The lowest BCUT2D eigenvalue weighted by molar-refractivity contribution is 0.120. The van der Waals surface area contributed by atoms with Crippen LogP contribution in [-0.4, -0.2) is 54.2 Å². The molecule has 0 spiro atoms. The summed E-state index contributed by atoms with van der Waals surface area (Å²) in [7, 11) is 2.74. The molecule has 1 saturated heterocycles. The van der Waals surface area contributed by atoms with Gasteiger partial charge in [-0.1, -0.05) is 19.8 Å². The summed E-state index contributed by atoms with van der Waals surface area (Å²) in [6.45, 7) is 4.75. The summed E-state index contributed by atoms with van der Waals surface area (Å²) in [4.78, 5) is 2.64. The molecule has 1 fully saturated rings. The molecule has 0 aliphatic carbocycles. The van der Waals surface area contributed by atoms with Gasteiger partial charge in [0.15, 0.2) is 0 Å². The Balaban J connectivity index is 2.25. The largest absolute Gasteiger partial charge is 0.500 e. The highest BCUT2D eigenvalue weighted by molar-refractivity contribution is 6.60. The fraction of sp³-hybridized carbons (Fsp3) is 1.00. The minimum atomic E-state index is -2.34. The first-order valence-electron chi connectivity index (χ1n) is 7.60. The summed E-state index contributed by atoms with van der Waals surface area (Å²) in [6, 6.07) is 1.72. The summed E-state index contributed by atoms with van der Waals surface area (Å²) in [6.07, 6.45) is 7.82. The van der Waals surface area contributed by atoms with Crippen molar-refractivity contribution in [3.8, 4) is 0 Å². The molecule has 1 rings (SSSR count). The van der Waals surface area contributed by atoms with E-state index >= 15 is 0 Å². The molecule has 114 valence electrons. The molecular formula is C14H31NO3Si. The van der Waals surface area contributed by atoms with Gasteiger partial charge in [0.25, 0.3) is 0 Å². The molecule has 5 heteroatoms. The van der Waals surface area contributed by atoms with Gasteiger partial charge in [0.1, 0.15) is 0 Å². The monoisotopic (exact) mass is 289 g/mol. The van der Waals surface area contributed by atoms with Crippen molar-refractivity contribution in [2.45, 2.75) is 57.5 Å². The Hall–Kier alpha value is 0.0569. The van der Waals surface area contributed by atoms with Crippen LogP contribution in [0.1, 0.15) is 45.4 Å². The summed E-state index contributed by atoms with van der Waals surface area (Å²) in [5.74, 6) is 0. The Morgan fingerprint density at radius 2 is 1.74 bits per heavy atom. The van der Waals surface area contributed by atoms with Gasteiger partial charge in [-0.05, 0) is 38.8 Å². The normalized spacial score (nSPS) is 21.8. The molecule has 0 aromatic carbocycles. The van der Waals surface area contributed by atoms with E-state index in [0.717, 1.165) is 18.5 Å². The molecule has 1 aliphatic rings. The third kappa shape index (κ3) is 5.15. The second kappa shape index (κ2) is 9.08. The highest BCUT2D eigenvalue weighted by Gasteiger charge is 2.36. The summed E-state index contributed by atoms with van der Waals surface area (Å²) in [5, 5.41) is 0. The molecule has 0 radical (unpaired) electrons. The fourth-order valence-electron chi connectivity index (χ4n) is 3.08. The highest BCUT2D eigenvalue weighted by Crippen LogP contribution is 2.23. The Morgan fingerprint density at radius 1 is 1.05 bits per heavy atom. The quantitative estimate of drug-likeness (QED) is 0.482. The Kier molecular flexibility index (Phi) is 8.17. The average molecular weight is 289 g/mol. The first kappa shape index (κ1) is 17.1. The molecule has 19 heavy (non-hydrogen) atoms. The van der Waals surface area contributed by atoms with Crippen molar-refractivity contribution in [3.05, 3.63) is 0 Å². The highest BCUT2D eigenvalue weighted by atomic mass is 28.4. The van der Waals surface area contributed by atoms with Crippen LogP contribution in [0.2, 0.25) is 6.04 Å². The van der Waals surface area contributed by atoms with Gasteiger partial charge in [0, 0.05) is 33.4 Å². The smallest absolute Gasteiger partial charge is 0.377 e. The molecule has 1 aliphatic heterocycles. The number of hydrogen-bond acceptors (Lipinski definition) is 4. The van der Waals surface area contributed by atoms with Crippen molar-refractivity contribution in [2.24, 2.45) is 0 Å². The van der Waals surface area contributed by atoms with E-state index in [1.54, 1.807) is 21.3 Å². The van der Waals surface area contributed by atoms with Crippen LogP contribution in [0.25, 0.3) is 0 Å². The van der Waals surface area contributed by atoms with Crippen LogP contribution >= 0.6 is 0 Å². The first-order valence-corrected chi connectivity index (χ1v) is 9.54. The number of likely N-dealkylation sites (tertiary alicyclic amines) is 1. The standard InChI is InChI=1S/C14H31NO3Si/c1-5-15-12-8-6-10-14(15)11-7-9-13-19(16-2,17-3)18-4/h14H,5-13H2,1-4H3. The van der Waals surface area contributed by atoms with Crippen LogP contribution in [-0.2, 0) is 13.3 Å². The van der Waals surface area contributed by atoms with Crippen molar-refractivity contribution in [1.82, 2.24) is 4.90 Å². The third-order valence-electron chi connectivity index (χ3n) is 4.36. The van der Waals surface area contributed by atoms with Crippen molar-refractivity contribution in [2.75, 3.05) is 34.4 Å². The zero-order valence-corrected chi connectivity index (χ0v) is 14.1. The molecule has 1 atom stereocenters. The van der Waals surface area contributed by atoms with Gasteiger partial charge in [0.05, 0.1) is 0 Å². The third-order valence-corrected chi connectivity index (χ3v) is 7.19. The molecule has 0 N–H and O–H groups in total. The van der Waals surface area contributed by atoms with Crippen LogP contribution in [0.15, 0.2) is 0 Å². The van der Waals surface area contributed by atoms with E-state index in [1.807, 2.05) is 0 Å². The average Bonchev–Trinajstić information content (AvgIpc) is 2.48. The van der Waals surface area contributed by atoms with Gasteiger partial charge in [-0.2, -0.15) is 0 Å². The van der Waals surface area contributed by atoms with Gasteiger partial charge < -0.3 is 18.2 Å². The zero-order valence-electron chi connectivity index (χ0n) is 13.1. The molecule has 1 heterocycles. The SMILES string of the molecule is CCN1CCCCC1CCCC[Si](OC)(OC)OC. The van der Waals surface area contributed by atoms with Gasteiger partial charge in [0.2, 0.25) is 0 Å². The number of nitrogens with zero attached hydrogens (tertiary/aromatic N) is 1. The predicted molar refractivity (Wildman–Crippen MR) is 80.3 cm³/mol. The van der Waals surface area contributed by atoms with E-state index in [-0.39, 0.29) is 0 Å². The Morgan fingerprint density at radius 3 is 2.32 bits per heavy atom. The van der Waals surface area contributed by atoms with E-state index in [4.69, 9.17) is 13.3 Å². The Bertz CT molecular complexity index is 228. The van der Waals surface area contributed by atoms with Crippen LogP contribution in [0.4, 0.5) is 0 Å². The van der Waals surface area contributed by atoms with E-state index < -0.39 is 8.80 Å². The van der Waals surface area contributed by atoms with Crippen molar-refractivity contribution >= 4 is 8.80 Å².